The highest BCUT2D eigenvalue weighted by Gasteiger charge is 2.04. The predicted octanol–water partition coefficient (Wildman–Crippen LogP) is 3.29. The maximum absolute atomic E-state index is 13.4. The molecule has 20 heavy (non-hydrogen) atoms. The molecule has 0 fully saturated rings. The van der Waals surface area contributed by atoms with Crippen LogP contribution in [0.5, 0.6) is 0 Å². The molecule has 0 heterocycles. The molecule has 0 bridgehead atoms. The van der Waals surface area contributed by atoms with E-state index in [9.17, 15) is 8.78 Å². The molecule has 3 nitrogen and oxygen atoms in total. The molecule has 6 heteroatoms. The zero-order chi connectivity index (χ0) is 14.3. The van der Waals surface area contributed by atoms with Crippen LogP contribution in [0.15, 0.2) is 23.2 Å². The number of benzene rings is 1. The lowest BCUT2D eigenvalue weighted by molar-refractivity contribution is 0.584. The second kappa shape index (κ2) is 9.90. The Hall–Kier alpha value is -0.920. The van der Waals surface area contributed by atoms with E-state index < -0.39 is 11.6 Å². The van der Waals surface area contributed by atoms with Gasteiger partial charge in [0.15, 0.2) is 5.96 Å². The zero-order valence-electron chi connectivity index (χ0n) is 12.0. The van der Waals surface area contributed by atoms with Gasteiger partial charge in [0.25, 0.3) is 0 Å². The van der Waals surface area contributed by atoms with Crippen molar-refractivity contribution in [3.05, 3.63) is 35.4 Å². The number of hydrogen-bond acceptors (Lipinski definition) is 1. The molecule has 2 N–H and O–H groups in total. The van der Waals surface area contributed by atoms with Crippen molar-refractivity contribution in [2.45, 2.75) is 27.3 Å². The number of hydrogen-bond donors (Lipinski definition) is 2. The Morgan fingerprint density at radius 1 is 1.25 bits per heavy atom. The third kappa shape index (κ3) is 7.02. The summed E-state index contributed by atoms with van der Waals surface area (Å²) < 4.78 is 26.5. The van der Waals surface area contributed by atoms with Gasteiger partial charge in [-0.25, -0.2) is 13.8 Å². The molecule has 1 aromatic carbocycles. The maximum Gasteiger partial charge on any atom is 0.191 e. The predicted molar refractivity (Wildman–Crippen MR) is 89.4 cm³/mol. The summed E-state index contributed by atoms with van der Waals surface area (Å²) in [4.78, 5) is 4.25. The van der Waals surface area contributed by atoms with E-state index >= 15 is 0 Å². The molecule has 0 saturated heterocycles. The highest BCUT2D eigenvalue weighted by molar-refractivity contribution is 14.0. The second-order valence-electron chi connectivity index (χ2n) is 4.71. The molecule has 114 valence electrons. The molecule has 0 unspecified atom stereocenters. The number of halogens is 3. The van der Waals surface area contributed by atoms with Gasteiger partial charge in [-0.05, 0) is 31.0 Å². The summed E-state index contributed by atoms with van der Waals surface area (Å²) >= 11 is 0. The summed E-state index contributed by atoms with van der Waals surface area (Å²) in [5, 5.41) is 6.21. The molecule has 0 saturated carbocycles. The largest absolute Gasteiger partial charge is 0.357 e. The molecule has 0 aromatic heterocycles. The van der Waals surface area contributed by atoms with Gasteiger partial charge in [0, 0.05) is 18.7 Å². The molecule has 1 rings (SSSR count). The van der Waals surface area contributed by atoms with E-state index in [1.807, 2.05) is 6.92 Å². The molecule has 0 aliphatic carbocycles. The summed E-state index contributed by atoms with van der Waals surface area (Å²) in [7, 11) is 0. The number of aliphatic imine (C=N–C) groups is 1. The lowest BCUT2D eigenvalue weighted by atomic mass is 10.2. The van der Waals surface area contributed by atoms with Crippen LogP contribution in [0.1, 0.15) is 26.3 Å². The minimum Gasteiger partial charge on any atom is -0.357 e. The molecular weight excluding hydrogens is 375 g/mol. The number of rotatable bonds is 5. The number of nitrogens with one attached hydrogen (secondary N) is 2. The first-order valence-electron chi connectivity index (χ1n) is 6.49. The van der Waals surface area contributed by atoms with E-state index in [2.05, 4.69) is 29.5 Å². The quantitative estimate of drug-likeness (QED) is 0.455. The van der Waals surface area contributed by atoms with Crippen LogP contribution in [-0.2, 0) is 6.54 Å². The van der Waals surface area contributed by atoms with E-state index in [1.165, 1.54) is 6.07 Å². The van der Waals surface area contributed by atoms with Crippen LogP contribution >= 0.6 is 24.0 Å². The van der Waals surface area contributed by atoms with Crippen molar-refractivity contribution in [1.29, 1.82) is 0 Å². The van der Waals surface area contributed by atoms with Gasteiger partial charge in [0.2, 0.25) is 0 Å². The van der Waals surface area contributed by atoms with Gasteiger partial charge in [-0.1, -0.05) is 13.8 Å². The maximum atomic E-state index is 13.4. The highest BCUT2D eigenvalue weighted by Crippen LogP contribution is 2.10. The molecule has 0 radical (unpaired) electrons. The lowest BCUT2D eigenvalue weighted by Gasteiger charge is -2.13. The Bertz CT molecular complexity index is 436. The van der Waals surface area contributed by atoms with Gasteiger partial charge in [-0.2, -0.15) is 0 Å². The van der Waals surface area contributed by atoms with Crippen LogP contribution in [-0.4, -0.2) is 19.0 Å². The summed E-state index contributed by atoms with van der Waals surface area (Å²) in [6.45, 7) is 7.73. The SMILES string of the molecule is CCNC(=NCc1cc(F)ccc1F)NCC(C)C.I. The minimum absolute atomic E-state index is 0. The fourth-order valence-electron chi connectivity index (χ4n) is 1.47. The standard InChI is InChI=1S/C14H21F2N3.HI/c1-4-17-14(18-8-10(2)3)19-9-11-7-12(15)5-6-13(11)16;/h5-7,10H,4,8-9H2,1-3H3,(H2,17,18,19);1H. The van der Waals surface area contributed by atoms with Crippen molar-refractivity contribution in [1.82, 2.24) is 10.6 Å². The van der Waals surface area contributed by atoms with Crippen molar-refractivity contribution in [2.24, 2.45) is 10.9 Å². The Morgan fingerprint density at radius 3 is 2.55 bits per heavy atom. The Kier molecular flexibility index (Phi) is 9.45. The number of nitrogens with zero attached hydrogens (tertiary/aromatic N) is 1. The van der Waals surface area contributed by atoms with Gasteiger partial charge in [0.1, 0.15) is 11.6 Å². The van der Waals surface area contributed by atoms with E-state index in [0.29, 0.717) is 11.9 Å². The van der Waals surface area contributed by atoms with Crippen molar-refractivity contribution in [3.63, 3.8) is 0 Å². The van der Waals surface area contributed by atoms with Crippen molar-refractivity contribution in [2.75, 3.05) is 13.1 Å². The van der Waals surface area contributed by atoms with Gasteiger partial charge in [0.05, 0.1) is 6.54 Å². The smallest absolute Gasteiger partial charge is 0.191 e. The average molecular weight is 397 g/mol. The van der Waals surface area contributed by atoms with Crippen LogP contribution in [0.4, 0.5) is 8.78 Å². The van der Waals surface area contributed by atoms with Crippen LogP contribution in [0.25, 0.3) is 0 Å². The van der Waals surface area contributed by atoms with Gasteiger partial charge in [-0.15, -0.1) is 24.0 Å². The normalized spacial score (nSPS) is 11.2. The van der Waals surface area contributed by atoms with Gasteiger partial charge >= 0.3 is 0 Å². The topological polar surface area (TPSA) is 36.4 Å². The van der Waals surface area contributed by atoms with Crippen molar-refractivity contribution in [3.8, 4) is 0 Å². The van der Waals surface area contributed by atoms with Crippen LogP contribution in [0.3, 0.4) is 0 Å². The van der Waals surface area contributed by atoms with Gasteiger partial charge < -0.3 is 10.6 Å². The third-order valence-electron chi connectivity index (χ3n) is 2.44. The summed E-state index contributed by atoms with van der Waals surface area (Å²) in [5.41, 5.74) is 0.252. The summed E-state index contributed by atoms with van der Waals surface area (Å²) in [5.74, 6) is 0.200. The third-order valence-corrected chi connectivity index (χ3v) is 2.44. The first-order valence-corrected chi connectivity index (χ1v) is 6.49. The van der Waals surface area contributed by atoms with Crippen LogP contribution < -0.4 is 10.6 Å². The van der Waals surface area contributed by atoms with E-state index in [1.54, 1.807) is 0 Å². The molecule has 0 spiro atoms. The molecule has 0 atom stereocenters. The first-order chi connectivity index (χ1) is 9.02. The Morgan fingerprint density at radius 2 is 1.95 bits per heavy atom. The molecule has 0 amide bonds. The summed E-state index contributed by atoms with van der Waals surface area (Å²) in [6, 6.07) is 3.39. The van der Waals surface area contributed by atoms with Crippen LogP contribution in [0, 0.1) is 17.6 Å². The summed E-state index contributed by atoms with van der Waals surface area (Å²) in [6.07, 6.45) is 0. The van der Waals surface area contributed by atoms with Crippen molar-refractivity contribution < 1.29 is 8.78 Å². The number of guanidine groups is 1. The zero-order valence-corrected chi connectivity index (χ0v) is 14.4. The highest BCUT2D eigenvalue weighted by atomic mass is 127. The average Bonchev–Trinajstić information content (AvgIpc) is 2.36. The van der Waals surface area contributed by atoms with E-state index in [4.69, 9.17) is 0 Å². The molecular formula is C14H22F2IN3. The van der Waals surface area contributed by atoms with Gasteiger partial charge in [-0.3, -0.25) is 0 Å². The Labute approximate surface area is 136 Å². The molecule has 1 aromatic rings. The van der Waals surface area contributed by atoms with E-state index in [-0.39, 0.29) is 36.1 Å². The fourth-order valence-corrected chi connectivity index (χ4v) is 1.47. The molecule has 0 aliphatic rings. The lowest BCUT2D eigenvalue weighted by Crippen LogP contribution is -2.39. The minimum atomic E-state index is -0.452. The first kappa shape index (κ1) is 19.1. The van der Waals surface area contributed by atoms with Crippen molar-refractivity contribution >= 4 is 29.9 Å². The second-order valence-corrected chi connectivity index (χ2v) is 4.71. The monoisotopic (exact) mass is 397 g/mol. The molecule has 0 aliphatic heterocycles. The Balaban J connectivity index is 0.00000361. The van der Waals surface area contributed by atoms with Crippen LogP contribution in [0.2, 0.25) is 0 Å². The fraction of sp³-hybridized carbons (Fsp3) is 0.500. The van der Waals surface area contributed by atoms with E-state index in [0.717, 1.165) is 25.2 Å².